The van der Waals surface area contributed by atoms with Gasteiger partial charge in [0.15, 0.2) is 0 Å². The number of carboxylic acids is 1. The number of halogens is 3. The normalized spacial score (nSPS) is 12.0. The van der Waals surface area contributed by atoms with Gasteiger partial charge in [0.05, 0.1) is 6.04 Å². The molecule has 0 amide bonds. The quantitative estimate of drug-likeness (QED) is 0.431. The fourth-order valence-electron chi connectivity index (χ4n) is 2.84. The van der Waals surface area contributed by atoms with E-state index in [1.165, 1.54) is 17.1 Å². The number of anilines is 1. The number of fused-ring (bicyclic) bond motifs is 1. The van der Waals surface area contributed by atoms with Gasteiger partial charge >= 0.3 is 12.1 Å². The Labute approximate surface area is 180 Å². The minimum Gasteiger partial charge on any atom is -0.475 e. The van der Waals surface area contributed by atoms with Crippen LogP contribution >= 0.6 is 0 Å². The average Bonchev–Trinajstić information content (AvgIpc) is 3.32. The van der Waals surface area contributed by atoms with E-state index in [9.17, 15) is 13.2 Å². The molecule has 2 aromatic heterocycles. The van der Waals surface area contributed by atoms with Crippen molar-refractivity contribution in [3.63, 3.8) is 0 Å². The summed E-state index contributed by atoms with van der Waals surface area (Å²) in [5, 5.41) is 12.9. The molecule has 0 fully saturated rings. The molecule has 0 radical (unpaired) electrons. The van der Waals surface area contributed by atoms with Crippen molar-refractivity contribution in [3.05, 3.63) is 79.1 Å². The fraction of sp³-hybridized carbons (Fsp3) is 0.143. The summed E-state index contributed by atoms with van der Waals surface area (Å²) in [7, 11) is 0. The highest BCUT2D eigenvalue weighted by Crippen LogP contribution is 2.23. The van der Waals surface area contributed by atoms with Gasteiger partial charge in [-0.05, 0) is 22.4 Å². The van der Waals surface area contributed by atoms with Crippen molar-refractivity contribution in [3.8, 4) is 5.82 Å². The zero-order valence-corrected chi connectivity index (χ0v) is 16.6. The van der Waals surface area contributed by atoms with Crippen LogP contribution in [0.5, 0.6) is 0 Å². The van der Waals surface area contributed by atoms with Crippen LogP contribution in [0, 0.1) is 0 Å². The zero-order chi connectivity index (χ0) is 23.1. The molecule has 0 aliphatic rings. The third kappa shape index (κ3) is 5.79. The maximum absolute atomic E-state index is 10.6. The number of nitrogens with zero attached hydrogens (tertiary/aromatic N) is 4. The van der Waals surface area contributed by atoms with Crippen LogP contribution in [0.1, 0.15) is 11.6 Å². The molecule has 0 aliphatic carbocycles. The molecule has 2 aromatic carbocycles. The van der Waals surface area contributed by atoms with E-state index in [-0.39, 0.29) is 6.04 Å². The predicted octanol–water partition coefficient (Wildman–Crippen LogP) is 3.56. The maximum atomic E-state index is 10.6. The number of rotatable bonds is 5. The summed E-state index contributed by atoms with van der Waals surface area (Å²) in [5.41, 5.74) is 7.14. The highest BCUT2D eigenvalue weighted by molar-refractivity contribution is 5.83. The highest BCUT2D eigenvalue weighted by Gasteiger charge is 2.38. The minimum atomic E-state index is -5.08. The van der Waals surface area contributed by atoms with Crippen molar-refractivity contribution in [1.29, 1.82) is 0 Å². The van der Waals surface area contributed by atoms with E-state index in [2.05, 4.69) is 50.6 Å². The molecule has 1 atom stereocenters. The van der Waals surface area contributed by atoms with E-state index < -0.39 is 12.1 Å². The molecule has 8 nitrogen and oxygen atoms in total. The first-order valence-corrected chi connectivity index (χ1v) is 9.33. The van der Waals surface area contributed by atoms with Crippen molar-refractivity contribution >= 4 is 22.6 Å². The van der Waals surface area contributed by atoms with Crippen molar-refractivity contribution in [1.82, 2.24) is 19.5 Å². The molecule has 1 unspecified atom stereocenters. The van der Waals surface area contributed by atoms with Crippen LogP contribution < -0.4 is 11.1 Å². The number of hydrogen-bond donors (Lipinski definition) is 3. The summed E-state index contributed by atoms with van der Waals surface area (Å²) < 4.78 is 33.6. The first-order valence-electron chi connectivity index (χ1n) is 9.33. The molecule has 4 rings (SSSR count). The molecule has 32 heavy (non-hydrogen) atoms. The molecular formula is C21H19F3N6O2. The standard InChI is InChI=1S/C19H18N6.C2HF3O2/c20-11-17(16-6-5-14-3-1-2-4-15(14)9-16)24-18-10-19(23-12-22-18)25-8-7-21-13-25;3-2(4,5)1(6)7/h1-10,12-13,17H,11,20H2,(H,22,23,24);(H,6,7). The lowest BCUT2D eigenvalue weighted by atomic mass is 10.0. The van der Waals surface area contributed by atoms with Gasteiger partial charge in [0.25, 0.3) is 0 Å². The molecule has 0 aliphatic heterocycles. The first kappa shape index (κ1) is 22.7. The molecule has 0 saturated heterocycles. The summed E-state index contributed by atoms with van der Waals surface area (Å²) in [6.45, 7) is 0.461. The van der Waals surface area contributed by atoms with E-state index in [1.807, 2.05) is 29.0 Å². The van der Waals surface area contributed by atoms with Crippen LogP contribution in [0.15, 0.2) is 73.6 Å². The lowest BCUT2D eigenvalue weighted by Gasteiger charge is -2.19. The largest absolute Gasteiger partial charge is 0.490 e. The van der Waals surface area contributed by atoms with Crippen molar-refractivity contribution in [2.45, 2.75) is 12.2 Å². The average molecular weight is 444 g/mol. The summed E-state index contributed by atoms with van der Waals surface area (Å²) in [4.78, 5) is 21.5. The van der Waals surface area contributed by atoms with Gasteiger partial charge in [-0.1, -0.05) is 36.4 Å². The third-order valence-corrected chi connectivity index (χ3v) is 4.40. The van der Waals surface area contributed by atoms with Crippen LogP contribution in [-0.2, 0) is 4.79 Å². The van der Waals surface area contributed by atoms with Gasteiger partial charge in [0.2, 0.25) is 0 Å². The number of carbonyl (C=O) groups is 1. The Morgan fingerprint density at radius 3 is 2.47 bits per heavy atom. The molecular weight excluding hydrogens is 425 g/mol. The third-order valence-electron chi connectivity index (χ3n) is 4.40. The molecule has 0 spiro atoms. The zero-order valence-electron chi connectivity index (χ0n) is 16.6. The Balaban J connectivity index is 0.000000360. The lowest BCUT2D eigenvalue weighted by Crippen LogP contribution is -2.21. The second-order valence-electron chi connectivity index (χ2n) is 6.57. The molecule has 0 saturated carbocycles. The van der Waals surface area contributed by atoms with Crippen molar-refractivity contribution in [2.75, 3.05) is 11.9 Å². The number of imidazole rings is 1. The van der Waals surface area contributed by atoms with Crippen LogP contribution in [0.3, 0.4) is 0 Å². The van der Waals surface area contributed by atoms with Gasteiger partial charge in [0, 0.05) is 25.0 Å². The minimum absolute atomic E-state index is 0.0323. The molecule has 4 aromatic rings. The number of hydrogen-bond acceptors (Lipinski definition) is 6. The second kappa shape index (κ2) is 9.88. The summed E-state index contributed by atoms with van der Waals surface area (Å²) in [6.07, 6.45) is 1.71. The Kier molecular flexibility index (Phi) is 7.00. The Hall–Kier alpha value is -3.99. The van der Waals surface area contributed by atoms with Gasteiger partial charge in [-0.25, -0.2) is 19.7 Å². The van der Waals surface area contributed by atoms with E-state index in [1.54, 1.807) is 12.5 Å². The van der Waals surface area contributed by atoms with Gasteiger partial charge in [0.1, 0.15) is 24.3 Å². The Morgan fingerprint density at radius 1 is 1.12 bits per heavy atom. The topological polar surface area (TPSA) is 119 Å². The van der Waals surface area contributed by atoms with Crippen LogP contribution in [-0.4, -0.2) is 43.3 Å². The van der Waals surface area contributed by atoms with E-state index in [0.717, 1.165) is 17.2 Å². The van der Waals surface area contributed by atoms with E-state index in [0.29, 0.717) is 6.54 Å². The fourth-order valence-corrected chi connectivity index (χ4v) is 2.84. The molecule has 0 bridgehead atoms. The first-order chi connectivity index (χ1) is 15.3. The van der Waals surface area contributed by atoms with Gasteiger partial charge < -0.3 is 16.2 Å². The van der Waals surface area contributed by atoms with Crippen molar-refractivity contribution in [2.24, 2.45) is 5.73 Å². The van der Waals surface area contributed by atoms with Gasteiger partial charge in [-0.3, -0.25) is 4.57 Å². The second-order valence-corrected chi connectivity index (χ2v) is 6.57. The number of carboxylic acid groups (broad SMARTS) is 1. The van der Waals surface area contributed by atoms with Gasteiger partial charge in [-0.15, -0.1) is 0 Å². The Bertz CT molecular complexity index is 1180. The molecule has 4 N–H and O–H groups in total. The number of nitrogens with one attached hydrogen (secondary N) is 1. The van der Waals surface area contributed by atoms with E-state index in [4.69, 9.17) is 15.6 Å². The van der Waals surface area contributed by atoms with Crippen LogP contribution in [0.4, 0.5) is 19.0 Å². The molecule has 166 valence electrons. The maximum Gasteiger partial charge on any atom is 0.490 e. The Morgan fingerprint density at radius 2 is 1.84 bits per heavy atom. The van der Waals surface area contributed by atoms with Gasteiger partial charge in [-0.2, -0.15) is 13.2 Å². The number of benzene rings is 2. The number of aliphatic carboxylic acids is 1. The van der Waals surface area contributed by atoms with E-state index >= 15 is 0 Å². The van der Waals surface area contributed by atoms with Crippen LogP contribution in [0.2, 0.25) is 0 Å². The SMILES string of the molecule is NCC(Nc1cc(-n2ccnc2)ncn1)c1ccc2ccccc2c1.O=C(O)C(F)(F)F. The number of alkyl halides is 3. The highest BCUT2D eigenvalue weighted by atomic mass is 19.4. The van der Waals surface area contributed by atoms with Crippen molar-refractivity contribution < 1.29 is 23.1 Å². The molecule has 11 heteroatoms. The number of nitrogens with two attached hydrogens (primary N) is 1. The summed E-state index contributed by atoms with van der Waals surface area (Å²) >= 11 is 0. The summed E-state index contributed by atoms with van der Waals surface area (Å²) in [5.74, 6) is -1.28. The van der Waals surface area contributed by atoms with Crippen LogP contribution in [0.25, 0.3) is 16.6 Å². The molecule has 2 heterocycles. The lowest BCUT2D eigenvalue weighted by molar-refractivity contribution is -0.192. The smallest absolute Gasteiger partial charge is 0.475 e. The monoisotopic (exact) mass is 444 g/mol. The number of aromatic nitrogens is 4. The predicted molar refractivity (Wildman–Crippen MR) is 112 cm³/mol. The summed E-state index contributed by atoms with van der Waals surface area (Å²) in [6, 6.07) is 16.5.